The number of aryl methyl sites for hydroxylation is 1. The molecule has 0 unspecified atom stereocenters. The average Bonchev–Trinajstić information content (AvgIpc) is 3.10. The quantitative estimate of drug-likeness (QED) is 0.593. The molecule has 0 radical (unpaired) electrons. The Balaban J connectivity index is 1.76. The third-order valence-electron chi connectivity index (χ3n) is 4.09. The number of nitrogens with zero attached hydrogens (tertiary/aromatic N) is 4. The summed E-state index contributed by atoms with van der Waals surface area (Å²) in [7, 11) is 0. The number of carbonyl (C=O) groups is 1. The molecule has 7 nitrogen and oxygen atoms in total. The lowest BCUT2D eigenvalue weighted by Gasteiger charge is -2.11. The Morgan fingerprint density at radius 2 is 1.78 bits per heavy atom. The molecule has 0 aliphatic carbocycles. The van der Waals surface area contributed by atoms with Crippen LogP contribution >= 0.6 is 11.6 Å². The number of hydrogen-bond donors (Lipinski definition) is 1. The zero-order chi connectivity index (χ0) is 19.0. The van der Waals surface area contributed by atoms with Crippen LogP contribution in [0.25, 0.3) is 16.7 Å². The number of rotatable bonds is 3. The molecular formula is C19H14ClN5O2. The Morgan fingerprint density at radius 3 is 2.48 bits per heavy atom. The summed E-state index contributed by atoms with van der Waals surface area (Å²) in [5.41, 5.74) is 3.78. The van der Waals surface area contributed by atoms with Gasteiger partial charge in [-0.1, -0.05) is 29.8 Å². The van der Waals surface area contributed by atoms with Crippen LogP contribution in [-0.4, -0.2) is 25.3 Å². The SMILES string of the molecule is Cc1nc2c(cnn2-c2ccccc2)c(=O)n1NC(=O)c1ccc(Cl)cc1. The van der Waals surface area contributed by atoms with Crippen LogP contribution in [0.2, 0.25) is 5.02 Å². The van der Waals surface area contributed by atoms with Crippen LogP contribution in [0.4, 0.5) is 0 Å². The van der Waals surface area contributed by atoms with Gasteiger partial charge in [-0.3, -0.25) is 15.0 Å². The van der Waals surface area contributed by atoms with E-state index in [0.717, 1.165) is 10.4 Å². The van der Waals surface area contributed by atoms with E-state index < -0.39 is 11.5 Å². The summed E-state index contributed by atoms with van der Waals surface area (Å²) in [6.45, 7) is 1.64. The van der Waals surface area contributed by atoms with Crippen molar-refractivity contribution in [3.63, 3.8) is 0 Å². The van der Waals surface area contributed by atoms with Gasteiger partial charge in [0, 0.05) is 10.6 Å². The fourth-order valence-corrected chi connectivity index (χ4v) is 2.85. The summed E-state index contributed by atoms with van der Waals surface area (Å²) in [4.78, 5) is 29.7. The molecule has 2 aromatic carbocycles. The number of amides is 1. The van der Waals surface area contributed by atoms with E-state index in [9.17, 15) is 9.59 Å². The molecule has 4 aromatic rings. The van der Waals surface area contributed by atoms with E-state index in [0.29, 0.717) is 27.4 Å². The summed E-state index contributed by atoms with van der Waals surface area (Å²) in [5, 5.41) is 5.10. The van der Waals surface area contributed by atoms with Gasteiger partial charge in [0.1, 0.15) is 11.2 Å². The number of nitrogens with one attached hydrogen (secondary N) is 1. The lowest BCUT2D eigenvalue weighted by molar-refractivity contribution is 0.101. The highest BCUT2D eigenvalue weighted by Crippen LogP contribution is 2.14. The van der Waals surface area contributed by atoms with Crippen molar-refractivity contribution in [1.29, 1.82) is 0 Å². The number of benzene rings is 2. The van der Waals surface area contributed by atoms with Gasteiger partial charge in [0.25, 0.3) is 11.5 Å². The van der Waals surface area contributed by atoms with Gasteiger partial charge in [-0.05, 0) is 43.3 Å². The van der Waals surface area contributed by atoms with Crippen LogP contribution in [0, 0.1) is 6.92 Å². The van der Waals surface area contributed by atoms with Gasteiger partial charge >= 0.3 is 0 Å². The lowest BCUT2D eigenvalue weighted by Crippen LogP contribution is -2.35. The van der Waals surface area contributed by atoms with E-state index in [2.05, 4.69) is 15.5 Å². The Hall–Kier alpha value is -3.45. The van der Waals surface area contributed by atoms with E-state index in [4.69, 9.17) is 11.6 Å². The first kappa shape index (κ1) is 17.0. The van der Waals surface area contributed by atoms with Crippen LogP contribution in [0.15, 0.2) is 65.6 Å². The average molecular weight is 380 g/mol. The Kier molecular flexibility index (Phi) is 4.21. The van der Waals surface area contributed by atoms with Crippen LogP contribution in [0.1, 0.15) is 16.2 Å². The van der Waals surface area contributed by atoms with E-state index in [-0.39, 0.29) is 0 Å². The molecule has 0 aliphatic heterocycles. The second-order valence-corrected chi connectivity index (χ2v) is 6.31. The smallest absolute Gasteiger partial charge is 0.267 e. The number of fused-ring (bicyclic) bond motifs is 1. The zero-order valence-corrected chi connectivity index (χ0v) is 15.0. The van der Waals surface area contributed by atoms with Crippen molar-refractivity contribution in [3.8, 4) is 5.69 Å². The van der Waals surface area contributed by atoms with Gasteiger partial charge in [0.05, 0.1) is 11.9 Å². The molecule has 1 amide bonds. The molecule has 2 heterocycles. The van der Waals surface area contributed by atoms with Crippen molar-refractivity contribution in [2.45, 2.75) is 6.92 Å². The highest BCUT2D eigenvalue weighted by atomic mass is 35.5. The van der Waals surface area contributed by atoms with Crippen molar-refractivity contribution in [1.82, 2.24) is 19.4 Å². The number of hydrogen-bond acceptors (Lipinski definition) is 4. The van der Waals surface area contributed by atoms with Gasteiger partial charge in [-0.25, -0.2) is 14.3 Å². The number of halogens is 1. The molecule has 0 saturated carbocycles. The second-order valence-electron chi connectivity index (χ2n) is 5.88. The molecule has 134 valence electrons. The van der Waals surface area contributed by atoms with Crippen LogP contribution < -0.4 is 11.0 Å². The standard InChI is InChI=1S/C19H14ClN5O2/c1-12-22-17-16(11-21-25(17)15-5-3-2-4-6-15)19(27)24(12)23-18(26)13-7-9-14(20)10-8-13/h2-11H,1H3,(H,23,26). The van der Waals surface area contributed by atoms with Crippen LogP contribution in [0.5, 0.6) is 0 Å². The highest BCUT2D eigenvalue weighted by molar-refractivity contribution is 6.30. The van der Waals surface area contributed by atoms with E-state index in [1.54, 1.807) is 35.9 Å². The largest absolute Gasteiger partial charge is 0.283 e. The van der Waals surface area contributed by atoms with Gasteiger partial charge in [-0.2, -0.15) is 5.10 Å². The van der Waals surface area contributed by atoms with Crippen molar-refractivity contribution >= 4 is 28.5 Å². The van der Waals surface area contributed by atoms with Gasteiger partial charge in [-0.15, -0.1) is 0 Å². The van der Waals surface area contributed by atoms with Gasteiger partial charge in [0.2, 0.25) is 0 Å². The predicted octanol–water partition coefficient (Wildman–Crippen LogP) is 2.93. The molecule has 0 fully saturated rings. The maximum Gasteiger partial charge on any atom is 0.283 e. The summed E-state index contributed by atoms with van der Waals surface area (Å²) in [5.74, 6) is -0.0963. The minimum atomic E-state index is -0.437. The monoisotopic (exact) mass is 379 g/mol. The molecule has 8 heteroatoms. The van der Waals surface area contributed by atoms with E-state index >= 15 is 0 Å². The van der Waals surface area contributed by atoms with Crippen molar-refractivity contribution in [3.05, 3.63) is 87.6 Å². The summed E-state index contributed by atoms with van der Waals surface area (Å²) in [6, 6.07) is 15.8. The minimum absolute atomic E-state index is 0.306. The minimum Gasteiger partial charge on any atom is -0.267 e. The molecule has 27 heavy (non-hydrogen) atoms. The summed E-state index contributed by atoms with van der Waals surface area (Å²) in [6.07, 6.45) is 1.45. The summed E-state index contributed by atoms with van der Waals surface area (Å²) < 4.78 is 2.71. The van der Waals surface area contributed by atoms with Crippen molar-refractivity contribution in [2.75, 3.05) is 5.43 Å². The molecule has 0 bridgehead atoms. The fourth-order valence-electron chi connectivity index (χ4n) is 2.73. The highest BCUT2D eigenvalue weighted by Gasteiger charge is 2.16. The van der Waals surface area contributed by atoms with Gasteiger partial charge < -0.3 is 0 Å². The van der Waals surface area contributed by atoms with E-state index in [1.165, 1.54) is 6.20 Å². The number of aromatic nitrogens is 4. The third-order valence-corrected chi connectivity index (χ3v) is 4.34. The lowest BCUT2D eigenvalue weighted by atomic mass is 10.2. The Morgan fingerprint density at radius 1 is 1.07 bits per heavy atom. The van der Waals surface area contributed by atoms with Crippen molar-refractivity contribution < 1.29 is 4.79 Å². The first-order chi connectivity index (χ1) is 13.0. The third kappa shape index (κ3) is 3.09. The molecule has 0 atom stereocenters. The van der Waals surface area contributed by atoms with Gasteiger partial charge in [0.15, 0.2) is 5.65 Å². The van der Waals surface area contributed by atoms with Crippen LogP contribution in [-0.2, 0) is 0 Å². The zero-order valence-electron chi connectivity index (χ0n) is 14.3. The summed E-state index contributed by atoms with van der Waals surface area (Å²) >= 11 is 5.84. The molecular weight excluding hydrogens is 366 g/mol. The van der Waals surface area contributed by atoms with Crippen molar-refractivity contribution in [2.24, 2.45) is 0 Å². The first-order valence-electron chi connectivity index (χ1n) is 8.14. The normalized spacial score (nSPS) is 10.9. The molecule has 0 saturated heterocycles. The Bertz CT molecular complexity index is 1200. The van der Waals surface area contributed by atoms with Crippen LogP contribution in [0.3, 0.4) is 0 Å². The molecule has 4 rings (SSSR count). The second kappa shape index (κ2) is 6.69. The first-order valence-corrected chi connectivity index (χ1v) is 8.52. The maximum absolute atomic E-state index is 12.8. The molecule has 0 spiro atoms. The topological polar surface area (TPSA) is 81.8 Å². The maximum atomic E-state index is 12.8. The molecule has 0 aliphatic rings. The number of carbonyl (C=O) groups excluding carboxylic acids is 1. The molecule has 1 N–H and O–H groups in total. The van der Waals surface area contributed by atoms with E-state index in [1.807, 2.05) is 30.3 Å². The fraction of sp³-hybridized carbons (Fsp3) is 0.0526. The molecule has 2 aromatic heterocycles. The predicted molar refractivity (Wildman–Crippen MR) is 103 cm³/mol. The Labute approximate surface area is 158 Å². The number of para-hydroxylation sites is 1.